The van der Waals surface area contributed by atoms with Crippen LogP contribution in [0.4, 0.5) is 0 Å². The maximum absolute atomic E-state index is 13.5. The van der Waals surface area contributed by atoms with Crippen molar-refractivity contribution in [3.05, 3.63) is 41.2 Å². The first kappa shape index (κ1) is 24.8. The van der Waals surface area contributed by atoms with Crippen molar-refractivity contribution in [1.29, 1.82) is 0 Å². The Hall–Kier alpha value is -2.48. The van der Waals surface area contributed by atoms with Crippen molar-refractivity contribution in [3.8, 4) is 5.88 Å². The van der Waals surface area contributed by atoms with Gasteiger partial charge in [0.05, 0.1) is 12.2 Å². The second kappa shape index (κ2) is 10.7. The number of carbonyl (C=O) groups is 2. The SMILES string of the molecule is O=C(O)c1ccc(CCOc2noc(C(=O)NC3C4CC5CC(C4)CC3C5)c2SC2CCCCC2)cc1. The van der Waals surface area contributed by atoms with Gasteiger partial charge in [-0.1, -0.05) is 31.4 Å². The van der Waals surface area contributed by atoms with E-state index in [1.807, 2.05) is 0 Å². The average Bonchev–Trinajstić information content (AvgIpc) is 3.29. The molecule has 7 nitrogen and oxygen atoms in total. The van der Waals surface area contributed by atoms with Crippen LogP contribution >= 0.6 is 11.8 Å². The number of rotatable bonds is 9. The van der Waals surface area contributed by atoms with Crippen molar-refractivity contribution in [1.82, 2.24) is 10.5 Å². The number of thioether (sulfide) groups is 1. The van der Waals surface area contributed by atoms with Crippen LogP contribution in [0.2, 0.25) is 0 Å². The van der Waals surface area contributed by atoms with Gasteiger partial charge in [0.15, 0.2) is 0 Å². The zero-order valence-corrected chi connectivity index (χ0v) is 22.0. The molecule has 1 amide bonds. The zero-order valence-electron chi connectivity index (χ0n) is 21.2. The molecule has 0 spiro atoms. The molecule has 2 aromatic rings. The van der Waals surface area contributed by atoms with Gasteiger partial charge in [-0.3, -0.25) is 4.79 Å². The highest BCUT2D eigenvalue weighted by Gasteiger charge is 2.49. The van der Waals surface area contributed by atoms with E-state index in [1.54, 1.807) is 36.0 Å². The van der Waals surface area contributed by atoms with Crippen LogP contribution in [0.25, 0.3) is 0 Å². The Bertz CT molecular complexity index is 1100. The highest BCUT2D eigenvalue weighted by molar-refractivity contribution is 8.00. The quantitative estimate of drug-likeness (QED) is 0.416. The standard InChI is InChI=1S/C29H36N2O5S/c32-27(30-24-21-13-18-12-19(15-21)16-22(24)14-18)25-26(37-23-4-2-1-3-5-23)28(31-36-25)35-11-10-17-6-8-20(9-7-17)29(33)34/h6-9,18-19,21-24H,1-5,10-16H2,(H,30,32)(H,33,34). The number of carbonyl (C=O) groups excluding carboxylic acids is 1. The van der Waals surface area contributed by atoms with Gasteiger partial charge >= 0.3 is 5.97 Å². The molecule has 37 heavy (non-hydrogen) atoms. The van der Waals surface area contributed by atoms with Gasteiger partial charge in [-0.25, -0.2) is 4.79 Å². The Morgan fingerprint density at radius 2 is 1.68 bits per heavy atom. The van der Waals surface area contributed by atoms with Gasteiger partial charge in [-0.2, -0.15) is 0 Å². The number of hydrogen-bond acceptors (Lipinski definition) is 6. The fourth-order valence-corrected chi connectivity index (χ4v) is 8.75. The summed E-state index contributed by atoms with van der Waals surface area (Å²) in [5.41, 5.74) is 1.25. The topological polar surface area (TPSA) is 102 Å². The summed E-state index contributed by atoms with van der Waals surface area (Å²) < 4.78 is 11.7. The molecule has 5 fully saturated rings. The summed E-state index contributed by atoms with van der Waals surface area (Å²) in [5.74, 6) is 2.52. The van der Waals surface area contributed by atoms with Gasteiger partial charge in [-0.15, -0.1) is 11.8 Å². The summed E-state index contributed by atoms with van der Waals surface area (Å²) in [6.07, 6.45) is 12.9. The van der Waals surface area contributed by atoms with E-state index in [4.69, 9.17) is 14.4 Å². The minimum atomic E-state index is -0.936. The van der Waals surface area contributed by atoms with Crippen molar-refractivity contribution in [2.75, 3.05) is 6.61 Å². The van der Waals surface area contributed by atoms with Crippen LogP contribution in [0, 0.1) is 23.7 Å². The van der Waals surface area contributed by atoms with Crippen LogP contribution in [0.1, 0.15) is 90.7 Å². The van der Waals surface area contributed by atoms with E-state index < -0.39 is 5.97 Å². The number of aromatic nitrogens is 1. The van der Waals surface area contributed by atoms with E-state index in [0.717, 1.165) is 35.1 Å². The van der Waals surface area contributed by atoms with Gasteiger partial charge < -0.3 is 19.7 Å². The van der Waals surface area contributed by atoms with Crippen LogP contribution in [-0.4, -0.2) is 40.0 Å². The van der Waals surface area contributed by atoms with Crippen LogP contribution in [0.15, 0.2) is 33.7 Å². The Morgan fingerprint density at radius 1 is 1.00 bits per heavy atom. The lowest BCUT2D eigenvalue weighted by Crippen LogP contribution is -2.55. The van der Waals surface area contributed by atoms with E-state index in [-0.39, 0.29) is 17.5 Å². The molecule has 5 saturated carbocycles. The highest BCUT2D eigenvalue weighted by atomic mass is 32.2. The fraction of sp³-hybridized carbons (Fsp3) is 0.621. The smallest absolute Gasteiger partial charge is 0.335 e. The number of carboxylic acid groups (broad SMARTS) is 1. The third-order valence-corrected chi connectivity index (χ3v) is 10.4. The number of ether oxygens (including phenoxy) is 1. The molecule has 0 saturated heterocycles. The molecule has 8 heteroatoms. The van der Waals surface area contributed by atoms with Crippen molar-refractivity contribution in [2.45, 2.75) is 86.8 Å². The van der Waals surface area contributed by atoms with E-state index >= 15 is 0 Å². The van der Waals surface area contributed by atoms with E-state index in [1.165, 1.54) is 51.4 Å². The Balaban J connectivity index is 1.15. The number of hydrogen-bond donors (Lipinski definition) is 2. The molecule has 198 valence electrons. The molecule has 7 rings (SSSR count). The summed E-state index contributed by atoms with van der Waals surface area (Å²) in [6, 6.07) is 7.06. The second-order valence-electron chi connectivity index (χ2n) is 11.6. The van der Waals surface area contributed by atoms with Gasteiger partial charge in [0, 0.05) is 17.7 Å². The molecule has 0 radical (unpaired) electrons. The lowest BCUT2D eigenvalue weighted by molar-refractivity contribution is -0.0124. The molecule has 5 aliphatic rings. The summed E-state index contributed by atoms with van der Waals surface area (Å²) in [7, 11) is 0. The van der Waals surface area contributed by atoms with Crippen LogP contribution in [-0.2, 0) is 6.42 Å². The van der Waals surface area contributed by atoms with E-state index in [9.17, 15) is 9.59 Å². The molecular weight excluding hydrogens is 488 g/mol. The normalized spacial score (nSPS) is 28.8. The Kier molecular flexibility index (Phi) is 7.19. The summed E-state index contributed by atoms with van der Waals surface area (Å²) in [4.78, 5) is 25.4. The van der Waals surface area contributed by atoms with Crippen LogP contribution < -0.4 is 10.1 Å². The number of amides is 1. The lowest BCUT2D eigenvalue weighted by Gasteiger charge is -2.54. The summed E-state index contributed by atoms with van der Waals surface area (Å²) >= 11 is 1.69. The molecule has 0 atom stereocenters. The van der Waals surface area contributed by atoms with Crippen molar-refractivity contribution < 1.29 is 24.0 Å². The van der Waals surface area contributed by atoms with Crippen molar-refractivity contribution in [3.63, 3.8) is 0 Å². The first-order valence-corrected chi connectivity index (χ1v) is 14.8. The molecule has 4 bridgehead atoms. The third kappa shape index (κ3) is 5.40. The summed E-state index contributed by atoms with van der Waals surface area (Å²) in [6.45, 7) is 0.369. The highest BCUT2D eigenvalue weighted by Crippen LogP contribution is 2.54. The molecule has 0 aliphatic heterocycles. The van der Waals surface area contributed by atoms with Crippen molar-refractivity contribution in [2.24, 2.45) is 23.7 Å². The molecule has 1 heterocycles. The molecule has 5 aliphatic carbocycles. The molecular formula is C29H36N2O5S. The van der Waals surface area contributed by atoms with Crippen LogP contribution in [0.5, 0.6) is 5.88 Å². The predicted octanol–water partition coefficient (Wildman–Crippen LogP) is 5.97. The van der Waals surface area contributed by atoms with Gasteiger partial charge in [0.25, 0.3) is 11.8 Å². The average molecular weight is 525 g/mol. The number of nitrogens with zero attached hydrogens (tertiary/aromatic N) is 1. The Labute approximate surface area is 222 Å². The van der Waals surface area contributed by atoms with Gasteiger partial charge in [0.1, 0.15) is 4.90 Å². The fourth-order valence-electron chi connectivity index (χ4n) is 7.41. The van der Waals surface area contributed by atoms with Crippen molar-refractivity contribution >= 4 is 23.6 Å². The minimum absolute atomic E-state index is 0.151. The monoisotopic (exact) mass is 524 g/mol. The molecule has 0 unspecified atom stereocenters. The number of carboxylic acids is 1. The lowest BCUT2D eigenvalue weighted by atomic mass is 9.54. The van der Waals surface area contributed by atoms with Gasteiger partial charge in [-0.05, 0) is 91.5 Å². The molecule has 1 aromatic heterocycles. The number of aromatic carboxylic acids is 1. The molecule has 2 N–H and O–H groups in total. The number of nitrogens with one attached hydrogen (secondary N) is 1. The molecule has 1 aromatic carbocycles. The first-order valence-electron chi connectivity index (χ1n) is 14.0. The second-order valence-corrected chi connectivity index (χ2v) is 12.9. The minimum Gasteiger partial charge on any atom is -0.478 e. The summed E-state index contributed by atoms with van der Waals surface area (Å²) in [5, 5.41) is 17.1. The predicted molar refractivity (Wildman–Crippen MR) is 140 cm³/mol. The van der Waals surface area contributed by atoms with E-state index in [2.05, 4.69) is 10.5 Å². The van der Waals surface area contributed by atoms with Crippen LogP contribution in [0.3, 0.4) is 0 Å². The zero-order chi connectivity index (χ0) is 25.4. The van der Waals surface area contributed by atoms with E-state index in [0.29, 0.717) is 41.8 Å². The largest absolute Gasteiger partial charge is 0.478 e. The van der Waals surface area contributed by atoms with Gasteiger partial charge in [0.2, 0.25) is 5.76 Å². The Morgan fingerprint density at radius 3 is 2.32 bits per heavy atom. The maximum Gasteiger partial charge on any atom is 0.335 e. The number of benzene rings is 1. The third-order valence-electron chi connectivity index (χ3n) is 9.02. The first-order chi connectivity index (χ1) is 18.0. The maximum atomic E-state index is 13.5.